The fourth-order valence-corrected chi connectivity index (χ4v) is 2.22. The number of carbonyl (C=O) groups is 2. The summed E-state index contributed by atoms with van der Waals surface area (Å²) in [7, 11) is 2.28. The van der Waals surface area contributed by atoms with Crippen molar-refractivity contribution in [2.24, 2.45) is 0 Å². The standard InChI is InChI=1S/C17H14F2N2O7/c1-26-13-7-11(16(23)27-2)12(8-14(13)28-17(18)19)20-15(22)9-3-5-10(6-4-9)21(24)25/h3-8,17H,1-2H3,(H,20,22). The number of anilines is 1. The lowest BCUT2D eigenvalue weighted by molar-refractivity contribution is -0.384. The second-order valence-corrected chi connectivity index (χ2v) is 5.18. The normalized spacial score (nSPS) is 10.3. The van der Waals surface area contributed by atoms with E-state index in [0.29, 0.717) is 0 Å². The third-order valence-electron chi connectivity index (χ3n) is 3.51. The zero-order valence-corrected chi connectivity index (χ0v) is 14.6. The first-order valence-corrected chi connectivity index (χ1v) is 7.57. The molecule has 0 spiro atoms. The van der Waals surface area contributed by atoms with Gasteiger partial charge >= 0.3 is 12.6 Å². The Balaban J connectivity index is 2.42. The summed E-state index contributed by atoms with van der Waals surface area (Å²) in [5, 5.41) is 13.0. The van der Waals surface area contributed by atoms with Crippen molar-refractivity contribution in [2.75, 3.05) is 19.5 Å². The first-order chi connectivity index (χ1) is 13.3. The summed E-state index contributed by atoms with van der Waals surface area (Å²) in [5.74, 6) is -2.19. The smallest absolute Gasteiger partial charge is 0.387 e. The van der Waals surface area contributed by atoms with Gasteiger partial charge in [0.25, 0.3) is 11.6 Å². The first-order valence-electron chi connectivity index (χ1n) is 7.57. The van der Waals surface area contributed by atoms with Crippen LogP contribution >= 0.6 is 0 Å². The minimum Gasteiger partial charge on any atom is -0.493 e. The molecule has 148 valence electrons. The maximum absolute atomic E-state index is 12.6. The van der Waals surface area contributed by atoms with Crippen LogP contribution in [0, 0.1) is 10.1 Å². The number of methoxy groups -OCH3 is 2. The average Bonchev–Trinajstić information content (AvgIpc) is 2.67. The Morgan fingerprint density at radius 3 is 2.25 bits per heavy atom. The van der Waals surface area contributed by atoms with Crippen LogP contribution in [0.25, 0.3) is 0 Å². The van der Waals surface area contributed by atoms with Gasteiger partial charge in [-0.3, -0.25) is 14.9 Å². The van der Waals surface area contributed by atoms with E-state index in [1.807, 2.05) is 0 Å². The van der Waals surface area contributed by atoms with Crippen molar-refractivity contribution in [1.29, 1.82) is 0 Å². The van der Waals surface area contributed by atoms with Gasteiger partial charge in [-0.05, 0) is 12.1 Å². The number of nitro benzene ring substituents is 1. The number of rotatable bonds is 7. The van der Waals surface area contributed by atoms with Crippen molar-refractivity contribution in [1.82, 2.24) is 0 Å². The third-order valence-corrected chi connectivity index (χ3v) is 3.51. The lowest BCUT2D eigenvalue weighted by Crippen LogP contribution is -2.16. The highest BCUT2D eigenvalue weighted by molar-refractivity contribution is 6.08. The molecule has 0 saturated heterocycles. The van der Waals surface area contributed by atoms with Crippen LogP contribution in [0.1, 0.15) is 20.7 Å². The Labute approximate surface area is 157 Å². The highest BCUT2D eigenvalue weighted by atomic mass is 19.3. The molecule has 0 fully saturated rings. The summed E-state index contributed by atoms with van der Waals surface area (Å²) in [4.78, 5) is 34.4. The number of hydrogen-bond acceptors (Lipinski definition) is 7. The topological polar surface area (TPSA) is 117 Å². The molecule has 1 amide bonds. The number of non-ortho nitro benzene ring substituents is 1. The summed E-state index contributed by atoms with van der Waals surface area (Å²) in [6, 6.07) is 6.71. The fraction of sp³-hybridized carbons (Fsp3) is 0.176. The number of carbonyl (C=O) groups excluding carboxylic acids is 2. The van der Waals surface area contributed by atoms with Crippen LogP contribution in [0.4, 0.5) is 20.2 Å². The Morgan fingerprint density at radius 1 is 1.11 bits per heavy atom. The molecule has 0 saturated carbocycles. The first kappa shape index (κ1) is 20.6. The molecule has 0 atom stereocenters. The SMILES string of the molecule is COC(=O)c1cc(OC)c(OC(F)F)cc1NC(=O)c1ccc([N+](=O)[O-])cc1. The number of alkyl halides is 2. The van der Waals surface area contributed by atoms with Gasteiger partial charge in [-0.1, -0.05) is 0 Å². The second kappa shape index (κ2) is 8.75. The van der Waals surface area contributed by atoms with E-state index in [9.17, 15) is 28.5 Å². The monoisotopic (exact) mass is 396 g/mol. The van der Waals surface area contributed by atoms with Crippen molar-refractivity contribution < 1.29 is 37.5 Å². The molecule has 0 aromatic heterocycles. The van der Waals surface area contributed by atoms with Gasteiger partial charge in [0, 0.05) is 29.8 Å². The predicted octanol–water partition coefficient (Wildman–Crippen LogP) is 3.24. The van der Waals surface area contributed by atoms with Crippen molar-refractivity contribution >= 4 is 23.3 Å². The van der Waals surface area contributed by atoms with Crippen molar-refractivity contribution in [2.45, 2.75) is 6.61 Å². The highest BCUT2D eigenvalue weighted by Crippen LogP contribution is 2.35. The Kier molecular flexibility index (Phi) is 6.42. The molecule has 0 aliphatic heterocycles. The van der Waals surface area contributed by atoms with E-state index >= 15 is 0 Å². The molecule has 11 heteroatoms. The van der Waals surface area contributed by atoms with Gasteiger partial charge in [-0.15, -0.1) is 0 Å². The molecule has 0 aliphatic carbocycles. The molecule has 0 aliphatic rings. The molecule has 0 bridgehead atoms. The summed E-state index contributed by atoms with van der Waals surface area (Å²) < 4.78 is 39.1. The molecule has 1 N–H and O–H groups in total. The maximum atomic E-state index is 12.6. The lowest BCUT2D eigenvalue weighted by atomic mass is 10.1. The van der Waals surface area contributed by atoms with E-state index < -0.39 is 29.2 Å². The van der Waals surface area contributed by atoms with Crippen LogP contribution in [0.15, 0.2) is 36.4 Å². The molecule has 0 heterocycles. The number of esters is 1. The number of nitrogens with zero attached hydrogens (tertiary/aromatic N) is 1. The van der Waals surface area contributed by atoms with Gasteiger partial charge in [-0.2, -0.15) is 8.78 Å². The van der Waals surface area contributed by atoms with E-state index in [-0.39, 0.29) is 28.3 Å². The number of nitro groups is 1. The van der Waals surface area contributed by atoms with Crippen molar-refractivity contribution in [3.63, 3.8) is 0 Å². The number of hydrogen-bond donors (Lipinski definition) is 1. The number of ether oxygens (including phenoxy) is 3. The molecule has 28 heavy (non-hydrogen) atoms. The van der Waals surface area contributed by atoms with Crippen LogP contribution in [-0.4, -0.2) is 37.6 Å². The van der Waals surface area contributed by atoms with Gasteiger partial charge in [0.2, 0.25) is 0 Å². The van der Waals surface area contributed by atoms with Gasteiger partial charge < -0.3 is 19.5 Å². The third kappa shape index (κ3) is 4.69. The minimum absolute atomic E-state index is 0.0357. The predicted molar refractivity (Wildman–Crippen MR) is 92.0 cm³/mol. The zero-order chi connectivity index (χ0) is 20.8. The van der Waals surface area contributed by atoms with Gasteiger partial charge in [0.05, 0.1) is 30.4 Å². The molecule has 9 nitrogen and oxygen atoms in total. The van der Waals surface area contributed by atoms with E-state index in [1.165, 1.54) is 19.2 Å². The maximum Gasteiger partial charge on any atom is 0.387 e. The summed E-state index contributed by atoms with van der Waals surface area (Å²) in [5.41, 5.74) is -0.527. The van der Waals surface area contributed by atoms with Crippen LogP contribution in [0.3, 0.4) is 0 Å². The van der Waals surface area contributed by atoms with E-state index in [0.717, 1.165) is 31.4 Å². The van der Waals surface area contributed by atoms with Crippen LogP contribution in [-0.2, 0) is 4.74 Å². The van der Waals surface area contributed by atoms with Crippen LogP contribution in [0.5, 0.6) is 11.5 Å². The highest BCUT2D eigenvalue weighted by Gasteiger charge is 2.21. The Bertz CT molecular complexity index is 901. The molecule has 0 unspecified atom stereocenters. The molecule has 0 radical (unpaired) electrons. The molecular formula is C17H14F2N2O7. The lowest BCUT2D eigenvalue weighted by Gasteiger charge is -2.15. The molecular weight excluding hydrogens is 382 g/mol. The van der Waals surface area contributed by atoms with Crippen molar-refractivity contribution in [3.8, 4) is 11.5 Å². The van der Waals surface area contributed by atoms with E-state index in [4.69, 9.17) is 4.74 Å². The Morgan fingerprint density at radius 2 is 1.75 bits per heavy atom. The number of benzene rings is 2. The second-order valence-electron chi connectivity index (χ2n) is 5.18. The quantitative estimate of drug-likeness (QED) is 0.434. The van der Waals surface area contributed by atoms with Crippen LogP contribution < -0.4 is 14.8 Å². The van der Waals surface area contributed by atoms with Gasteiger partial charge in [0.15, 0.2) is 11.5 Å². The number of nitrogens with one attached hydrogen (secondary N) is 1. The summed E-state index contributed by atoms with van der Waals surface area (Å²) in [6.45, 7) is -3.17. The zero-order valence-electron chi connectivity index (χ0n) is 14.6. The van der Waals surface area contributed by atoms with Gasteiger partial charge in [-0.25, -0.2) is 4.79 Å². The minimum atomic E-state index is -3.17. The summed E-state index contributed by atoms with van der Waals surface area (Å²) >= 11 is 0. The average molecular weight is 396 g/mol. The van der Waals surface area contributed by atoms with E-state index in [1.54, 1.807) is 0 Å². The van der Waals surface area contributed by atoms with Crippen LogP contribution in [0.2, 0.25) is 0 Å². The van der Waals surface area contributed by atoms with Crippen molar-refractivity contribution in [3.05, 3.63) is 57.6 Å². The molecule has 2 rings (SSSR count). The molecule has 2 aromatic rings. The van der Waals surface area contributed by atoms with Gasteiger partial charge in [0.1, 0.15) is 0 Å². The number of amides is 1. The summed E-state index contributed by atoms with van der Waals surface area (Å²) in [6.07, 6.45) is 0. The van der Waals surface area contributed by atoms with E-state index in [2.05, 4.69) is 14.8 Å². The number of halogens is 2. The Hall–Kier alpha value is -3.76. The molecule has 2 aromatic carbocycles. The fourth-order valence-electron chi connectivity index (χ4n) is 2.22. The largest absolute Gasteiger partial charge is 0.493 e.